The number of esters is 1. The lowest BCUT2D eigenvalue weighted by atomic mass is 9.93. The van der Waals surface area contributed by atoms with Crippen molar-refractivity contribution in [3.63, 3.8) is 0 Å². The number of thioether (sulfide) groups is 1. The minimum absolute atomic E-state index is 0.0253. The van der Waals surface area contributed by atoms with Gasteiger partial charge in [-0.1, -0.05) is 46.7 Å². The summed E-state index contributed by atoms with van der Waals surface area (Å²) in [7, 11) is 0. The fourth-order valence-corrected chi connectivity index (χ4v) is 5.64. The lowest BCUT2D eigenvalue weighted by molar-refractivity contribution is -0.149. The van der Waals surface area contributed by atoms with E-state index in [0.717, 1.165) is 36.0 Å². The predicted molar refractivity (Wildman–Crippen MR) is 117 cm³/mol. The van der Waals surface area contributed by atoms with Crippen LogP contribution in [0.25, 0.3) is 0 Å². The largest absolute Gasteiger partial charge is 0.466 e. The molecule has 30 heavy (non-hydrogen) atoms. The summed E-state index contributed by atoms with van der Waals surface area (Å²) in [6.45, 7) is 5.71. The van der Waals surface area contributed by atoms with Gasteiger partial charge in [-0.3, -0.25) is 14.5 Å². The van der Waals surface area contributed by atoms with Crippen LogP contribution in [-0.2, 0) is 16.0 Å². The zero-order chi connectivity index (χ0) is 21.3. The smallest absolute Gasteiger partial charge is 0.309 e. The number of aryl methyl sites for hydroxylation is 1. The van der Waals surface area contributed by atoms with E-state index < -0.39 is 0 Å². The van der Waals surface area contributed by atoms with E-state index in [-0.39, 0.29) is 29.1 Å². The summed E-state index contributed by atoms with van der Waals surface area (Å²) < 4.78 is 7.67. The van der Waals surface area contributed by atoms with Crippen LogP contribution in [-0.4, -0.2) is 56.5 Å². The zero-order valence-corrected chi connectivity index (χ0v) is 19.5. The molecule has 4 rings (SSSR count). The molecular weight excluding hydrogens is 468 g/mol. The number of nitrogens with zero attached hydrogens (tertiary/aromatic N) is 4. The summed E-state index contributed by atoms with van der Waals surface area (Å²) in [5, 5.41) is 4.74. The number of rotatable bonds is 6. The summed E-state index contributed by atoms with van der Waals surface area (Å²) in [5.74, 6) is 0.491. The van der Waals surface area contributed by atoms with Gasteiger partial charge in [-0.15, -0.1) is 5.10 Å². The molecule has 1 aromatic heterocycles. The highest BCUT2D eigenvalue weighted by atomic mass is 79.9. The Morgan fingerprint density at radius 3 is 2.57 bits per heavy atom. The van der Waals surface area contributed by atoms with Crippen LogP contribution in [0.3, 0.4) is 0 Å². The van der Waals surface area contributed by atoms with Gasteiger partial charge in [0.15, 0.2) is 11.0 Å². The second-order valence-electron chi connectivity index (χ2n) is 7.51. The fourth-order valence-electron chi connectivity index (χ4n) is 4.10. The highest BCUT2D eigenvalue weighted by Gasteiger charge is 2.44. The first-order valence-corrected chi connectivity index (χ1v) is 12.0. The van der Waals surface area contributed by atoms with E-state index in [9.17, 15) is 9.59 Å². The Balaban J connectivity index is 1.57. The van der Waals surface area contributed by atoms with Crippen LogP contribution in [0.5, 0.6) is 0 Å². The number of likely N-dealkylation sites (tertiary alicyclic amines) is 1. The van der Waals surface area contributed by atoms with E-state index in [1.54, 1.807) is 0 Å². The minimum atomic E-state index is -0.314. The normalized spacial score (nSPS) is 20.9. The van der Waals surface area contributed by atoms with Gasteiger partial charge >= 0.3 is 5.97 Å². The number of carbonyl (C=O) groups excluding carboxylic acids is 2. The molecule has 0 radical (unpaired) electrons. The summed E-state index contributed by atoms with van der Waals surface area (Å²) in [4.78, 5) is 32.2. The van der Waals surface area contributed by atoms with Crippen molar-refractivity contribution in [1.29, 1.82) is 0 Å². The Hall–Kier alpha value is -1.71. The van der Waals surface area contributed by atoms with E-state index >= 15 is 0 Å². The Labute approximate surface area is 188 Å². The second-order valence-corrected chi connectivity index (χ2v) is 9.54. The van der Waals surface area contributed by atoms with Crippen LogP contribution in [0.15, 0.2) is 33.9 Å². The number of hydrogen-bond acceptors (Lipinski definition) is 7. The molecule has 1 aromatic carbocycles. The Kier molecular flexibility index (Phi) is 6.60. The monoisotopic (exact) mass is 492 g/mol. The number of fused-ring (bicyclic) bond motifs is 1. The molecule has 2 aliphatic rings. The quantitative estimate of drug-likeness (QED) is 0.568. The Morgan fingerprint density at radius 2 is 1.97 bits per heavy atom. The number of ether oxygens (including phenoxy) is 1. The van der Waals surface area contributed by atoms with Crippen LogP contribution >= 0.6 is 27.7 Å². The van der Waals surface area contributed by atoms with Gasteiger partial charge in [0.05, 0.1) is 18.6 Å². The maximum Gasteiger partial charge on any atom is 0.309 e. The van der Waals surface area contributed by atoms with Crippen molar-refractivity contribution in [2.75, 3.05) is 19.7 Å². The number of hydrogen-bond donors (Lipinski definition) is 0. The molecule has 0 aliphatic carbocycles. The van der Waals surface area contributed by atoms with Crippen molar-refractivity contribution in [3.8, 4) is 0 Å². The third-order valence-electron chi connectivity index (χ3n) is 5.66. The fraction of sp³-hybridized carbons (Fsp3) is 0.524. The van der Waals surface area contributed by atoms with Gasteiger partial charge in [0.1, 0.15) is 5.25 Å². The predicted octanol–water partition coefficient (Wildman–Crippen LogP) is 3.73. The maximum atomic E-state index is 13.2. The van der Waals surface area contributed by atoms with Crippen LogP contribution in [0, 0.1) is 5.92 Å². The first-order chi connectivity index (χ1) is 14.5. The Morgan fingerprint density at radius 1 is 1.27 bits per heavy atom. The van der Waals surface area contributed by atoms with Crippen LogP contribution in [0.2, 0.25) is 0 Å². The van der Waals surface area contributed by atoms with Crippen molar-refractivity contribution < 1.29 is 14.3 Å². The standard InChI is InChI=1S/C21H25BrN4O3S/c1-3-16-23-21-26(24-16)19(27)18(30-21)17(13-5-7-15(22)8-6-13)25-11-9-14(10-12-25)20(28)29-4-2/h5-8,14,17-18H,3-4,9-12H2,1-2H3. The molecular formula is C21H25BrN4O3S. The molecule has 9 heteroatoms. The van der Waals surface area contributed by atoms with Crippen LogP contribution in [0.1, 0.15) is 48.9 Å². The number of halogens is 1. The summed E-state index contributed by atoms with van der Waals surface area (Å²) in [5.41, 5.74) is 1.08. The Bertz CT molecular complexity index is 925. The van der Waals surface area contributed by atoms with Gasteiger partial charge in [-0.2, -0.15) is 4.68 Å². The highest BCUT2D eigenvalue weighted by Crippen LogP contribution is 2.42. The molecule has 2 aliphatic heterocycles. The van der Waals surface area contributed by atoms with E-state index in [4.69, 9.17) is 4.74 Å². The molecule has 2 atom stereocenters. The number of carbonyl (C=O) groups is 2. The van der Waals surface area contributed by atoms with E-state index in [2.05, 4.69) is 43.0 Å². The zero-order valence-electron chi connectivity index (χ0n) is 17.1. The van der Waals surface area contributed by atoms with E-state index in [1.807, 2.05) is 26.0 Å². The lowest BCUT2D eigenvalue weighted by Crippen LogP contribution is -2.44. The minimum Gasteiger partial charge on any atom is -0.466 e. The highest BCUT2D eigenvalue weighted by molar-refractivity contribution is 9.10. The molecule has 0 spiro atoms. The van der Waals surface area contributed by atoms with Gasteiger partial charge < -0.3 is 4.74 Å². The molecule has 160 valence electrons. The molecule has 0 saturated carbocycles. The number of benzene rings is 1. The molecule has 0 amide bonds. The summed E-state index contributed by atoms with van der Waals surface area (Å²) in [6.07, 6.45) is 2.18. The number of piperidine rings is 1. The molecule has 2 aromatic rings. The average Bonchev–Trinajstić information content (AvgIpc) is 3.29. The third kappa shape index (κ3) is 4.20. The van der Waals surface area contributed by atoms with Gasteiger partial charge in [-0.25, -0.2) is 4.98 Å². The van der Waals surface area contributed by atoms with Gasteiger partial charge in [0.25, 0.3) is 5.91 Å². The SMILES string of the molecule is CCOC(=O)C1CCN(C(c2ccc(Br)cc2)C2Sc3nc(CC)nn3C2=O)CC1. The summed E-state index contributed by atoms with van der Waals surface area (Å²) in [6, 6.07) is 8.03. The molecule has 1 fully saturated rings. The van der Waals surface area contributed by atoms with Crippen molar-refractivity contribution in [2.45, 2.75) is 49.6 Å². The summed E-state index contributed by atoms with van der Waals surface area (Å²) >= 11 is 4.99. The lowest BCUT2D eigenvalue weighted by Gasteiger charge is -2.38. The van der Waals surface area contributed by atoms with Gasteiger partial charge in [-0.05, 0) is 50.6 Å². The number of aromatic nitrogens is 3. The third-order valence-corrected chi connectivity index (χ3v) is 7.38. The molecule has 7 nitrogen and oxygen atoms in total. The maximum absolute atomic E-state index is 13.2. The van der Waals surface area contributed by atoms with Crippen LogP contribution in [0.4, 0.5) is 0 Å². The van der Waals surface area contributed by atoms with Gasteiger partial charge in [0, 0.05) is 10.9 Å². The average molecular weight is 493 g/mol. The van der Waals surface area contributed by atoms with Crippen LogP contribution < -0.4 is 0 Å². The van der Waals surface area contributed by atoms with E-state index in [0.29, 0.717) is 24.0 Å². The van der Waals surface area contributed by atoms with Gasteiger partial charge in [0.2, 0.25) is 0 Å². The topological polar surface area (TPSA) is 77.3 Å². The van der Waals surface area contributed by atoms with E-state index in [1.165, 1.54) is 16.4 Å². The molecule has 0 N–H and O–H groups in total. The molecule has 2 unspecified atom stereocenters. The first-order valence-electron chi connectivity index (χ1n) is 10.3. The van der Waals surface area contributed by atoms with Crippen molar-refractivity contribution in [1.82, 2.24) is 19.7 Å². The first kappa shape index (κ1) is 21.5. The molecule has 0 bridgehead atoms. The van der Waals surface area contributed by atoms with Crippen molar-refractivity contribution in [2.24, 2.45) is 5.92 Å². The van der Waals surface area contributed by atoms with Crippen molar-refractivity contribution >= 4 is 39.6 Å². The van der Waals surface area contributed by atoms with Crippen molar-refractivity contribution in [3.05, 3.63) is 40.1 Å². The molecule has 1 saturated heterocycles. The molecule has 3 heterocycles. The second kappa shape index (κ2) is 9.20.